The van der Waals surface area contributed by atoms with E-state index >= 15 is 0 Å². The van der Waals surface area contributed by atoms with Crippen molar-refractivity contribution in [2.75, 3.05) is 0 Å². The Kier molecular flexibility index (Phi) is 2.92. The van der Waals surface area contributed by atoms with Gasteiger partial charge in [-0.2, -0.15) is 0 Å². The third-order valence-electron chi connectivity index (χ3n) is 7.26. The first-order chi connectivity index (χ1) is 11.4. The largest absolute Gasteiger partial charge is 0.350 e. The molecule has 1 heterocycles. The van der Waals surface area contributed by atoms with Gasteiger partial charge in [0.2, 0.25) is 0 Å². The van der Waals surface area contributed by atoms with E-state index in [-0.39, 0.29) is 0 Å². The molecule has 4 bridgehead atoms. The molecule has 2 aromatic rings. The van der Waals surface area contributed by atoms with E-state index in [4.69, 9.17) is 0 Å². The van der Waals surface area contributed by atoms with Gasteiger partial charge in [-0.25, -0.2) is 0 Å². The van der Waals surface area contributed by atoms with Crippen LogP contribution in [0.4, 0.5) is 0 Å². The number of nitrogens with zero attached hydrogens (tertiary/aromatic N) is 1. The summed E-state index contributed by atoms with van der Waals surface area (Å²) in [5.74, 6) is 0.955. The van der Waals surface area contributed by atoms with E-state index in [1.165, 1.54) is 55.0 Å². The highest BCUT2D eigenvalue weighted by Crippen LogP contribution is 2.66. The molecular formula is C22H30N2. The summed E-state index contributed by atoms with van der Waals surface area (Å²) in [5, 5.41) is 5.50. The Morgan fingerprint density at radius 1 is 1.04 bits per heavy atom. The summed E-state index contributed by atoms with van der Waals surface area (Å²) in [4.78, 5) is 0. The van der Waals surface area contributed by atoms with Gasteiger partial charge in [0.15, 0.2) is 0 Å². The quantitative estimate of drug-likeness (QED) is 0.840. The summed E-state index contributed by atoms with van der Waals surface area (Å²) in [6, 6.07) is 8.80. The third-order valence-corrected chi connectivity index (χ3v) is 7.26. The molecule has 4 aliphatic carbocycles. The molecular weight excluding hydrogens is 292 g/mol. The van der Waals surface area contributed by atoms with Crippen molar-refractivity contribution in [1.82, 2.24) is 9.88 Å². The normalized spacial score (nSPS) is 40.5. The molecule has 6 rings (SSSR count). The lowest BCUT2D eigenvalue weighted by Gasteiger charge is -2.65. The zero-order valence-corrected chi connectivity index (χ0v) is 15.4. The SMILES string of the molecule is Cn1cc(CNC23CC4C[C@@](C)(C2)C[C@](C)(C4)C3)c2ccccc21. The summed E-state index contributed by atoms with van der Waals surface area (Å²) in [5.41, 5.74) is 4.36. The second-order valence-electron chi connectivity index (χ2n) is 10.0. The lowest BCUT2D eigenvalue weighted by atomic mass is 9.43. The standard InChI is InChI=1S/C22H30N2/c1-20-8-16-9-21(2,13-20)15-22(10-16,14-20)23-11-17-12-24(3)19-7-5-4-6-18(17)19/h4-7,12,16,23H,8-11,13-15H2,1-3H3/t16?,20-,21+,22?. The van der Waals surface area contributed by atoms with E-state index in [2.05, 4.69) is 61.2 Å². The van der Waals surface area contributed by atoms with Gasteiger partial charge >= 0.3 is 0 Å². The number of fused-ring (bicyclic) bond motifs is 1. The molecule has 4 aliphatic rings. The van der Waals surface area contributed by atoms with Crippen LogP contribution in [-0.2, 0) is 13.6 Å². The van der Waals surface area contributed by atoms with Crippen molar-refractivity contribution in [3.05, 3.63) is 36.0 Å². The second-order valence-corrected chi connectivity index (χ2v) is 10.0. The predicted molar refractivity (Wildman–Crippen MR) is 99.9 cm³/mol. The van der Waals surface area contributed by atoms with Gasteiger partial charge in [-0.05, 0) is 66.9 Å². The average molecular weight is 322 g/mol. The Labute approximate surface area is 145 Å². The number of aromatic nitrogens is 1. The molecule has 4 atom stereocenters. The minimum Gasteiger partial charge on any atom is -0.350 e. The smallest absolute Gasteiger partial charge is 0.0481 e. The van der Waals surface area contributed by atoms with Crippen LogP contribution in [-0.4, -0.2) is 10.1 Å². The number of hydrogen-bond acceptors (Lipinski definition) is 1. The minimum absolute atomic E-state index is 0.389. The van der Waals surface area contributed by atoms with Crippen molar-refractivity contribution in [1.29, 1.82) is 0 Å². The molecule has 0 amide bonds. The van der Waals surface area contributed by atoms with Crippen molar-refractivity contribution < 1.29 is 0 Å². The van der Waals surface area contributed by atoms with Crippen LogP contribution in [0.1, 0.15) is 57.9 Å². The van der Waals surface area contributed by atoms with Crippen molar-refractivity contribution in [2.24, 2.45) is 23.8 Å². The molecule has 1 N–H and O–H groups in total. The average Bonchev–Trinajstić information content (AvgIpc) is 2.79. The molecule has 0 aliphatic heterocycles. The summed E-state index contributed by atoms with van der Waals surface area (Å²) in [7, 11) is 2.17. The summed E-state index contributed by atoms with van der Waals surface area (Å²) in [6.07, 6.45) is 10.9. The van der Waals surface area contributed by atoms with Crippen LogP contribution in [0.3, 0.4) is 0 Å². The Hall–Kier alpha value is -1.28. The van der Waals surface area contributed by atoms with Crippen LogP contribution >= 0.6 is 0 Å². The van der Waals surface area contributed by atoms with Crippen LogP contribution in [0.5, 0.6) is 0 Å². The molecule has 0 saturated heterocycles. The van der Waals surface area contributed by atoms with Crippen molar-refractivity contribution in [2.45, 2.75) is 64.5 Å². The molecule has 1 aromatic heterocycles. The summed E-state index contributed by atoms with van der Waals surface area (Å²) < 4.78 is 2.27. The molecule has 0 spiro atoms. The molecule has 1 aromatic carbocycles. The van der Waals surface area contributed by atoms with Gasteiger partial charge in [0, 0.05) is 36.2 Å². The fraction of sp³-hybridized carbons (Fsp3) is 0.636. The van der Waals surface area contributed by atoms with E-state index in [0.29, 0.717) is 16.4 Å². The highest BCUT2D eigenvalue weighted by atomic mass is 15.0. The van der Waals surface area contributed by atoms with Gasteiger partial charge in [-0.15, -0.1) is 0 Å². The van der Waals surface area contributed by atoms with E-state index in [9.17, 15) is 0 Å². The highest BCUT2D eigenvalue weighted by molar-refractivity contribution is 5.83. The maximum atomic E-state index is 4.09. The van der Waals surface area contributed by atoms with E-state index < -0.39 is 0 Å². The molecule has 24 heavy (non-hydrogen) atoms. The maximum absolute atomic E-state index is 4.09. The van der Waals surface area contributed by atoms with Crippen LogP contribution in [0.2, 0.25) is 0 Å². The molecule has 2 unspecified atom stereocenters. The number of nitrogens with one attached hydrogen (secondary N) is 1. The van der Waals surface area contributed by atoms with Gasteiger partial charge in [0.1, 0.15) is 0 Å². The number of benzene rings is 1. The topological polar surface area (TPSA) is 17.0 Å². The van der Waals surface area contributed by atoms with Crippen LogP contribution in [0.15, 0.2) is 30.5 Å². The Balaban J connectivity index is 1.44. The second kappa shape index (κ2) is 4.66. The predicted octanol–water partition coefficient (Wildman–Crippen LogP) is 5.02. The third kappa shape index (κ3) is 2.19. The van der Waals surface area contributed by atoms with Gasteiger partial charge in [-0.1, -0.05) is 32.0 Å². The van der Waals surface area contributed by atoms with E-state index in [0.717, 1.165) is 12.5 Å². The monoisotopic (exact) mass is 322 g/mol. The van der Waals surface area contributed by atoms with Crippen molar-refractivity contribution in [3.8, 4) is 0 Å². The van der Waals surface area contributed by atoms with Crippen LogP contribution < -0.4 is 5.32 Å². The zero-order chi connectivity index (χ0) is 16.6. The maximum Gasteiger partial charge on any atom is 0.0481 e. The zero-order valence-electron chi connectivity index (χ0n) is 15.4. The number of para-hydroxylation sites is 1. The lowest BCUT2D eigenvalue weighted by Crippen LogP contribution is -2.63. The summed E-state index contributed by atoms with van der Waals surface area (Å²) in [6.45, 7) is 6.13. The van der Waals surface area contributed by atoms with Gasteiger partial charge < -0.3 is 9.88 Å². The highest BCUT2D eigenvalue weighted by Gasteiger charge is 2.59. The number of aryl methyl sites for hydroxylation is 1. The molecule has 4 fully saturated rings. The molecule has 4 saturated carbocycles. The minimum atomic E-state index is 0.389. The van der Waals surface area contributed by atoms with Crippen molar-refractivity contribution in [3.63, 3.8) is 0 Å². The number of hydrogen-bond donors (Lipinski definition) is 1. The lowest BCUT2D eigenvalue weighted by molar-refractivity contribution is -0.118. The summed E-state index contributed by atoms with van der Waals surface area (Å²) >= 11 is 0. The molecule has 2 heteroatoms. The van der Waals surface area contributed by atoms with Crippen LogP contribution in [0, 0.1) is 16.7 Å². The Morgan fingerprint density at radius 3 is 2.46 bits per heavy atom. The van der Waals surface area contributed by atoms with Crippen LogP contribution in [0.25, 0.3) is 10.9 Å². The molecule has 2 nitrogen and oxygen atoms in total. The van der Waals surface area contributed by atoms with Gasteiger partial charge in [0.25, 0.3) is 0 Å². The first-order valence-corrected chi connectivity index (χ1v) is 9.66. The van der Waals surface area contributed by atoms with Crippen molar-refractivity contribution >= 4 is 10.9 Å². The molecule has 0 radical (unpaired) electrons. The van der Waals surface area contributed by atoms with E-state index in [1.54, 1.807) is 0 Å². The Morgan fingerprint density at radius 2 is 1.75 bits per heavy atom. The fourth-order valence-corrected chi connectivity index (χ4v) is 7.49. The van der Waals surface area contributed by atoms with E-state index in [1.807, 2.05) is 0 Å². The first kappa shape index (κ1) is 15.0. The van der Waals surface area contributed by atoms with Gasteiger partial charge in [0.05, 0.1) is 0 Å². The van der Waals surface area contributed by atoms with Gasteiger partial charge in [-0.3, -0.25) is 0 Å². The Bertz CT molecular complexity index is 783. The first-order valence-electron chi connectivity index (χ1n) is 9.66. The fourth-order valence-electron chi connectivity index (χ4n) is 7.49. The number of rotatable bonds is 3. The molecule has 128 valence electrons.